The average molecular weight is 300 g/mol. The first-order valence-corrected chi connectivity index (χ1v) is 7.42. The predicted molar refractivity (Wildman–Crippen MR) is 92.8 cm³/mol. The number of para-hydroxylation sites is 1. The van der Waals surface area contributed by atoms with Crippen LogP contribution in [0.5, 0.6) is 11.5 Å². The summed E-state index contributed by atoms with van der Waals surface area (Å²) in [6.45, 7) is 0. The molecule has 3 rings (SSSR count). The molecule has 3 aromatic carbocycles. The molecular weight excluding hydrogens is 284 g/mol. The van der Waals surface area contributed by atoms with Gasteiger partial charge < -0.3 is 4.74 Å². The van der Waals surface area contributed by atoms with Crippen molar-refractivity contribution in [1.29, 1.82) is 0 Å². The number of allylic oxidation sites excluding steroid dienone is 1. The Hall–Kier alpha value is -3.13. The van der Waals surface area contributed by atoms with Crippen molar-refractivity contribution in [3.8, 4) is 11.5 Å². The Labute approximate surface area is 135 Å². The lowest BCUT2D eigenvalue weighted by Crippen LogP contribution is -1.92. The lowest BCUT2D eigenvalue weighted by atomic mass is 10.1. The molecule has 0 spiro atoms. The van der Waals surface area contributed by atoms with E-state index in [1.165, 1.54) is 0 Å². The lowest BCUT2D eigenvalue weighted by molar-refractivity contribution is 0.104. The van der Waals surface area contributed by atoms with Crippen molar-refractivity contribution in [1.82, 2.24) is 0 Å². The van der Waals surface area contributed by atoms with E-state index in [9.17, 15) is 4.79 Å². The summed E-state index contributed by atoms with van der Waals surface area (Å²) in [6.07, 6.45) is 3.38. The normalized spacial score (nSPS) is 10.6. The molecule has 0 unspecified atom stereocenters. The van der Waals surface area contributed by atoms with Crippen molar-refractivity contribution in [3.63, 3.8) is 0 Å². The van der Waals surface area contributed by atoms with Crippen LogP contribution in [0, 0.1) is 0 Å². The fraction of sp³-hybridized carbons (Fsp3) is 0. The summed E-state index contributed by atoms with van der Waals surface area (Å²) < 4.78 is 5.79. The Bertz CT molecular complexity index is 806. The molecule has 0 amide bonds. The average Bonchev–Trinajstić information content (AvgIpc) is 2.62. The fourth-order valence-electron chi connectivity index (χ4n) is 2.18. The van der Waals surface area contributed by atoms with Gasteiger partial charge in [-0.25, -0.2) is 0 Å². The van der Waals surface area contributed by atoms with Gasteiger partial charge in [0.05, 0.1) is 0 Å². The molecule has 0 aliphatic heterocycles. The van der Waals surface area contributed by atoms with E-state index in [1.54, 1.807) is 12.2 Å². The molecule has 3 aromatic rings. The number of hydrogen-bond donors (Lipinski definition) is 0. The third-order valence-corrected chi connectivity index (χ3v) is 3.32. The van der Waals surface area contributed by atoms with Gasteiger partial charge in [-0.2, -0.15) is 0 Å². The van der Waals surface area contributed by atoms with Crippen molar-refractivity contribution < 1.29 is 9.53 Å². The summed E-state index contributed by atoms with van der Waals surface area (Å²) in [5.41, 5.74) is 1.60. The fourth-order valence-corrected chi connectivity index (χ4v) is 2.18. The van der Waals surface area contributed by atoms with Gasteiger partial charge in [-0.15, -0.1) is 0 Å². The summed E-state index contributed by atoms with van der Waals surface area (Å²) in [7, 11) is 0. The smallest absolute Gasteiger partial charge is 0.185 e. The largest absolute Gasteiger partial charge is 0.457 e. The molecule has 2 heteroatoms. The summed E-state index contributed by atoms with van der Waals surface area (Å²) in [4.78, 5) is 12.1. The molecule has 0 heterocycles. The molecule has 0 aliphatic carbocycles. The third kappa shape index (κ3) is 4.17. The van der Waals surface area contributed by atoms with E-state index in [1.807, 2.05) is 84.9 Å². The van der Waals surface area contributed by atoms with Gasteiger partial charge >= 0.3 is 0 Å². The Kier molecular flexibility index (Phi) is 4.65. The summed E-state index contributed by atoms with van der Waals surface area (Å²) in [5.74, 6) is 1.51. The van der Waals surface area contributed by atoms with Gasteiger partial charge in [-0.05, 0) is 35.9 Å². The molecule has 0 aliphatic rings. The van der Waals surface area contributed by atoms with E-state index in [0.29, 0.717) is 5.56 Å². The van der Waals surface area contributed by atoms with Gasteiger partial charge in [-0.1, -0.05) is 66.7 Å². The monoisotopic (exact) mass is 300 g/mol. The van der Waals surface area contributed by atoms with Crippen LogP contribution in [0.3, 0.4) is 0 Å². The Morgan fingerprint density at radius 2 is 1.39 bits per heavy atom. The molecule has 0 N–H and O–H groups in total. The number of ether oxygens (including phenoxy) is 1. The minimum atomic E-state index is -0.0139. The first-order valence-electron chi connectivity index (χ1n) is 7.42. The summed E-state index contributed by atoms with van der Waals surface area (Å²) >= 11 is 0. The topological polar surface area (TPSA) is 26.3 Å². The number of benzene rings is 3. The van der Waals surface area contributed by atoms with Crippen LogP contribution in [0.25, 0.3) is 6.08 Å². The van der Waals surface area contributed by atoms with E-state index < -0.39 is 0 Å². The van der Waals surface area contributed by atoms with Gasteiger partial charge in [0.25, 0.3) is 0 Å². The number of ketones is 1. The highest BCUT2D eigenvalue weighted by Gasteiger charge is 2.00. The van der Waals surface area contributed by atoms with Gasteiger partial charge in [0.2, 0.25) is 0 Å². The van der Waals surface area contributed by atoms with Crippen LogP contribution in [0.2, 0.25) is 0 Å². The zero-order valence-electron chi connectivity index (χ0n) is 12.6. The minimum Gasteiger partial charge on any atom is -0.457 e. The summed E-state index contributed by atoms with van der Waals surface area (Å²) in [6, 6.07) is 26.5. The SMILES string of the molecule is O=C(/C=C/c1cccc(Oc2ccccc2)c1)c1ccccc1. The maximum Gasteiger partial charge on any atom is 0.185 e. The van der Waals surface area contributed by atoms with E-state index in [-0.39, 0.29) is 5.78 Å². The second-order valence-corrected chi connectivity index (χ2v) is 5.05. The van der Waals surface area contributed by atoms with Crippen molar-refractivity contribution in [2.75, 3.05) is 0 Å². The molecule has 0 saturated carbocycles. The van der Waals surface area contributed by atoms with Crippen molar-refractivity contribution in [2.24, 2.45) is 0 Å². The quantitative estimate of drug-likeness (QED) is 0.467. The van der Waals surface area contributed by atoms with Gasteiger partial charge in [-0.3, -0.25) is 4.79 Å². The van der Waals surface area contributed by atoms with Crippen molar-refractivity contribution in [2.45, 2.75) is 0 Å². The van der Waals surface area contributed by atoms with E-state index in [2.05, 4.69) is 0 Å². The highest BCUT2D eigenvalue weighted by molar-refractivity contribution is 6.06. The van der Waals surface area contributed by atoms with Crippen LogP contribution in [-0.4, -0.2) is 5.78 Å². The molecule has 0 aromatic heterocycles. The van der Waals surface area contributed by atoms with E-state index in [4.69, 9.17) is 4.74 Å². The number of carbonyl (C=O) groups is 1. The van der Waals surface area contributed by atoms with Crippen LogP contribution in [-0.2, 0) is 0 Å². The predicted octanol–water partition coefficient (Wildman–Crippen LogP) is 5.38. The van der Waals surface area contributed by atoms with Crippen molar-refractivity contribution in [3.05, 3.63) is 102 Å². The van der Waals surface area contributed by atoms with Gasteiger partial charge in [0.15, 0.2) is 5.78 Å². The highest BCUT2D eigenvalue weighted by Crippen LogP contribution is 2.22. The van der Waals surface area contributed by atoms with Crippen LogP contribution in [0.1, 0.15) is 15.9 Å². The van der Waals surface area contributed by atoms with Crippen LogP contribution in [0.15, 0.2) is 91.0 Å². The Morgan fingerprint density at radius 1 is 0.739 bits per heavy atom. The molecule has 23 heavy (non-hydrogen) atoms. The second kappa shape index (κ2) is 7.23. The maximum absolute atomic E-state index is 12.1. The summed E-state index contributed by atoms with van der Waals surface area (Å²) in [5, 5.41) is 0. The lowest BCUT2D eigenvalue weighted by Gasteiger charge is -2.05. The number of rotatable bonds is 5. The van der Waals surface area contributed by atoms with Gasteiger partial charge in [0.1, 0.15) is 11.5 Å². The molecule has 0 radical (unpaired) electrons. The van der Waals surface area contributed by atoms with E-state index >= 15 is 0 Å². The third-order valence-electron chi connectivity index (χ3n) is 3.32. The van der Waals surface area contributed by atoms with Gasteiger partial charge in [0, 0.05) is 5.56 Å². The maximum atomic E-state index is 12.1. The minimum absolute atomic E-state index is 0.0139. The first kappa shape index (κ1) is 14.8. The van der Waals surface area contributed by atoms with Crippen molar-refractivity contribution >= 4 is 11.9 Å². The van der Waals surface area contributed by atoms with Crippen LogP contribution >= 0.6 is 0 Å². The van der Waals surface area contributed by atoms with E-state index in [0.717, 1.165) is 17.1 Å². The molecule has 112 valence electrons. The number of hydrogen-bond acceptors (Lipinski definition) is 2. The van der Waals surface area contributed by atoms with Crippen LogP contribution < -0.4 is 4.74 Å². The Balaban J connectivity index is 1.72. The first-order chi connectivity index (χ1) is 11.3. The number of carbonyl (C=O) groups excluding carboxylic acids is 1. The second-order valence-electron chi connectivity index (χ2n) is 5.05. The molecule has 0 atom stereocenters. The van der Waals surface area contributed by atoms with Crippen LogP contribution in [0.4, 0.5) is 0 Å². The zero-order chi connectivity index (χ0) is 15.9. The standard InChI is InChI=1S/C21H16O2/c22-21(18-9-3-1-4-10-18)15-14-17-8-7-13-20(16-17)23-19-11-5-2-6-12-19/h1-16H/b15-14+. The zero-order valence-corrected chi connectivity index (χ0v) is 12.6. The Morgan fingerprint density at radius 3 is 2.13 bits per heavy atom. The highest BCUT2D eigenvalue weighted by atomic mass is 16.5. The molecule has 0 saturated heterocycles. The molecule has 0 bridgehead atoms. The molecule has 2 nitrogen and oxygen atoms in total. The molecular formula is C21H16O2. The molecule has 0 fully saturated rings.